The van der Waals surface area contributed by atoms with E-state index in [4.69, 9.17) is 4.74 Å². The Morgan fingerprint density at radius 2 is 2.21 bits per heavy atom. The molecule has 0 saturated carbocycles. The van der Waals surface area contributed by atoms with Crippen LogP contribution in [0.25, 0.3) is 0 Å². The lowest BCUT2D eigenvalue weighted by Crippen LogP contribution is -2.38. The number of likely N-dealkylation sites (tertiary alicyclic amines) is 1. The Morgan fingerprint density at radius 1 is 1.37 bits per heavy atom. The SMILES string of the molecule is CCCC1CCCCN1Cc1ccc(OC)cc1O. The van der Waals surface area contributed by atoms with E-state index in [1.807, 2.05) is 12.1 Å². The van der Waals surface area contributed by atoms with Crippen molar-refractivity contribution in [1.29, 1.82) is 0 Å². The summed E-state index contributed by atoms with van der Waals surface area (Å²) in [5.74, 6) is 1.06. The molecule has 0 aliphatic carbocycles. The van der Waals surface area contributed by atoms with Gasteiger partial charge in [-0.15, -0.1) is 0 Å². The summed E-state index contributed by atoms with van der Waals surface area (Å²) in [6.45, 7) is 4.24. The lowest BCUT2D eigenvalue weighted by atomic mass is 9.97. The fourth-order valence-corrected chi connectivity index (χ4v) is 2.95. The number of nitrogens with zero attached hydrogens (tertiary/aromatic N) is 1. The average Bonchev–Trinajstić information content (AvgIpc) is 2.43. The Balaban J connectivity index is 2.06. The molecule has 19 heavy (non-hydrogen) atoms. The van der Waals surface area contributed by atoms with Crippen LogP contribution in [0.2, 0.25) is 0 Å². The minimum atomic E-state index is 0.347. The van der Waals surface area contributed by atoms with Crippen molar-refractivity contribution in [3.8, 4) is 11.5 Å². The van der Waals surface area contributed by atoms with E-state index in [1.54, 1.807) is 13.2 Å². The van der Waals surface area contributed by atoms with E-state index in [0.29, 0.717) is 17.5 Å². The molecule has 1 aliphatic rings. The third-order valence-corrected chi connectivity index (χ3v) is 4.04. The molecular weight excluding hydrogens is 238 g/mol. The van der Waals surface area contributed by atoms with Crippen LogP contribution < -0.4 is 4.74 Å². The third-order valence-electron chi connectivity index (χ3n) is 4.04. The van der Waals surface area contributed by atoms with Crippen molar-refractivity contribution in [2.24, 2.45) is 0 Å². The van der Waals surface area contributed by atoms with E-state index in [0.717, 1.165) is 18.7 Å². The van der Waals surface area contributed by atoms with Gasteiger partial charge in [-0.25, -0.2) is 0 Å². The van der Waals surface area contributed by atoms with Crippen LogP contribution in [0, 0.1) is 0 Å². The fraction of sp³-hybridized carbons (Fsp3) is 0.625. The standard InChI is InChI=1S/C16H25NO2/c1-3-6-14-7-4-5-10-17(14)12-13-8-9-15(19-2)11-16(13)18/h8-9,11,14,18H,3-7,10,12H2,1-2H3. The Hall–Kier alpha value is -1.22. The van der Waals surface area contributed by atoms with Gasteiger partial charge in [-0.2, -0.15) is 0 Å². The van der Waals surface area contributed by atoms with Gasteiger partial charge in [0.05, 0.1) is 7.11 Å². The fourth-order valence-electron chi connectivity index (χ4n) is 2.95. The highest BCUT2D eigenvalue weighted by atomic mass is 16.5. The Bertz CT molecular complexity index is 404. The van der Waals surface area contributed by atoms with Gasteiger partial charge in [0.15, 0.2) is 0 Å². The van der Waals surface area contributed by atoms with Crippen LogP contribution in [0.1, 0.15) is 44.6 Å². The Labute approximate surface area is 116 Å². The first-order valence-corrected chi connectivity index (χ1v) is 7.34. The van der Waals surface area contributed by atoms with E-state index in [1.165, 1.54) is 32.1 Å². The molecule has 1 aliphatic heterocycles. The van der Waals surface area contributed by atoms with E-state index in [9.17, 15) is 5.11 Å². The van der Waals surface area contributed by atoms with E-state index < -0.39 is 0 Å². The first-order valence-electron chi connectivity index (χ1n) is 7.34. The zero-order chi connectivity index (χ0) is 13.7. The van der Waals surface area contributed by atoms with Gasteiger partial charge in [-0.3, -0.25) is 4.90 Å². The molecule has 3 nitrogen and oxygen atoms in total. The number of phenolic OH excluding ortho intramolecular Hbond substituents is 1. The Morgan fingerprint density at radius 3 is 2.89 bits per heavy atom. The molecule has 1 aromatic rings. The number of benzene rings is 1. The van der Waals surface area contributed by atoms with Crippen molar-refractivity contribution in [3.05, 3.63) is 23.8 Å². The molecule has 1 saturated heterocycles. The van der Waals surface area contributed by atoms with Gasteiger partial charge in [-0.05, 0) is 31.9 Å². The largest absolute Gasteiger partial charge is 0.507 e. The van der Waals surface area contributed by atoms with Crippen LogP contribution in [0.3, 0.4) is 0 Å². The van der Waals surface area contributed by atoms with Crippen molar-refractivity contribution in [2.75, 3.05) is 13.7 Å². The molecule has 1 fully saturated rings. The van der Waals surface area contributed by atoms with Crippen LogP contribution in [-0.4, -0.2) is 29.7 Å². The topological polar surface area (TPSA) is 32.7 Å². The van der Waals surface area contributed by atoms with Gasteiger partial charge >= 0.3 is 0 Å². The smallest absolute Gasteiger partial charge is 0.123 e. The minimum absolute atomic E-state index is 0.347. The lowest BCUT2D eigenvalue weighted by molar-refractivity contribution is 0.130. The number of rotatable bonds is 5. The van der Waals surface area contributed by atoms with E-state index >= 15 is 0 Å². The first-order chi connectivity index (χ1) is 9.24. The molecular formula is C16H25NO2. The van der Waals surface area contributed by atoms with Crippen molar-refractivity contribution < 1.29 is 9.84 Å². The highest BCUT2D eigenvalue weighted by molar-refractivity contribution is 5.39. The molecule has 1 unspecified atom stereocenters. The summed E-state index contributed by atoms with van der Waals surface area (Å²) < 4.78 is 5.13. The summed E-state index contributed by atoms with van der Waals surface area (Å²) in [6.07, 6.45) is 6.41. The maximum Gasteiger partial charge on any atom is 0.123 e. The molecule has 0 bridgehead atoms. The minimum Gasteiger partial charge on any atom is -0.507 e. The number of piperidine rings is 1. The molecule has 1 aromatic carbocycles. The molecule has 106 valence electrons. The van der Waals surface area contributed by atoms with Crippen molar-refractivity contribution in [2.45, 2.75) is 51.6 Å². The van der Waals surface area contributed by atoms with Crippen LogP contribution in [0.4, 0.5) is 0 Å². The summed E-state index contributed by atoms with van der Waals surface area (Å²) in [6, 6.07) is 6.29. The summed E-state index contributed by atoms with van der Waals surface area (Å²) in [5.41, 5.74) is 1.00. The quantitative estimate of drug-likeness (QED) is 0.881. The molecule has 1 atom stereocenters. The Kier molecular flexibility index (Phi) is 5.08. The van der Waals surface area contributed by atoms with Crippen molar-refractivity contribution in [1.82, 2.24) is 4.90 Å². The second-order valence-electron chi connectivity index (χ2n) is 5.40. The number of ether oxygens (including phenoxy) is 1. The molecule has 3 heteroatoms. The zero-order valence-corrected chi connectivity index (χ0v) is 12.1. The van der Waals surface area contributed by atoms with E-state index in [2.05, 4.69) is 11.8 Å². The monoisotopic (exact) mass is 263 g/mol. The summed E-state index contributed by atoms with van der Waals surface area (Å²) >= 11 is 0. The summed E-state index contributed by atoms with van der Waals surface area (Å²) in [5, 5.41) is 10.1. The lowest BCUT2D eigenvalue weighted by Gasteiger charge is -2.35. The predicted molar refractivity (Wildman–Crippen MR) is 77.6 cm³/mol. The van der Waals surface area contributed by atoms with Crippen LogP contribution in [0.5, 0.6) is 11.5 Å². The van der Waals surface area contributed by atoms with Crippen LogP contribution >= 0.6 is 0 Å². The molecule has 1 N–H and O–H groups in total. The number of hydrogen-bond donors (Lipinski definition) is 1. The molecule has 0 radical (unpaired) electrons. The second-order valence-corrected chi connectivity index (χ2v) is 5.40. The highest BCUT2D eigenvalue weighted by Gasteiger charge is 2.22. The maximum absolute atomic E-state index is 10.1. The summed E-state index contributed by atoms with van der Waals surface area (Å²) in [4.78, 5) is 2.52. The van der Waals surface area contributed by atoms with E-state index in [-0.39, 0.29) is 0 Å². The van der Waals surface area contributed by atoms with Crippen LogP contribution in [0.15, 0.2) is 18.2 Å². The van der Waals surface area contributed by atoms with Gasteiger partial charge in [0.25, 0.3) is 0 Å². The first kappa shape index (κ1) is 14.2. The second kappa shape index (κ2) is 6.80. The van der Waals surface area contributed by atoms with Gasteiger partial charge in [0.2, 0.25) is 0 Å². The van der Waals surface area contributed by atoms with Gasteiger partial charge < -0.3 is 9.84 Å². The maximum atomic E-state index is 10.1. The predicted octanol–water partition coefficient (Wildman–Crippen LogP) is 3.56. The average molecular weight is 263 g/mol. The van der Waals surface area contributed by atoms with Crippen LogP contribution in [-0.2, 0) is 6.54 Å². The van der Waals surface area contributed by atoms with Gasteiger partial charge in [-0.1, -0.05) is 25.8 Å². The summed E-state index contributed by atoms with van der Waals surface area (Å²) in [7, 11) is 1.62. The normalized spacial score (nSPS) is 20.4. The third kappa shape index (κ3) is 3.63. The highest BCUT2D eigenvalue weighted by Crippen LogP contribution is 2.28. The number of hydrogen-bond acceptors (Lipinski definition) is 3. The molecule has 0 spiro atoms. The molecule has 2 rings (SSSR count). The number of aromatic hydroxyl groups is 1. The van der Waals surface area contributed by atoms with Gasteiger partial charge in [0.1, 0.15) is 11.5 Å². The van der Waals surface area contributed by atoms with Gasteiger partial charge in [0, 0.05) is 24.2 Å². The number of phenols is 1. The molecule has 0 aromatic heterocycles. The molecule has 0 amide bonds. The molecule has 1 heterocycles. The van der Waals surface area contributed by atoms with Crippen molar-refractivity contribution >= 4 is 0 Å². The zero-order valence-electron chi connectivity index (χ0n) is 12.1. The number of methoxy groups -OCH3 is 1. The van der Waals surface area contributed by atoms with Crippen molar-refractivity contribution in [3.63, 3.8) is 0 Å².